The molecule has 0 aromatic carbocycles. The van der Waals surface area contributed by atoms with Gasteiger partial charge in [-0.2, -0.15) is 0 Å². The van der Waals surface area contributed by atoms with E-state index in [-0.39, 0.29) is 30.5 Å². The molecule has 0 unspecified atom stereocenters. The molecule has 0 atom stereocenters. The smallest absolute Gasteiger partial charge is 0.289 e. The molecule has 9 heteroatoms. The maximum Gasteiger partial charge on any atom is 0.289 e. The topological polar surface area (TPSA) is 83.7 Å². The SMILES string of the molecule is O=C(c1ccc(Br)o1)N(CCS(=O)(=O)N1CCCCC1)Cc1cccnc1. The van der Waals surface area contributed by atoms with Crippen molar-refractivity contribution in [3.05, 3.63) is 52.7 Å². The lowest BCUT2D eigenvalue weighted by Gasteiger charge is -2.28. The Morgan fingerprint density at radius 1 is 1.22 bits per heavy atom. The highest BCUT2D eigenvalue weighted by Crippen LogP contribution is 2.18. The van der Waals surface area contributed by atoms with Gasteiger partial charge in [0.05, 0.1) is 5.75 Å². The molecular formula is C18H22BrN3O4S. The number of hydrogen-bond donors (Lipinski definition) is 0. The third kappa shape index (κ3) is 5.40. The van der Waals surface area contributed by atoms with Crippen molar-refractivity contribution in [1.82, 2.24) is 14.2 Å². The fraction of sp³-hybridized carbons (Fsp3) is 0.444. The van der Waals surface area contributed by atoms with Crippen LogP contribution in [0, 0.1) is 0 Å². The van der Waals surface area contributed by atoms with Gasteiger partial charge in [-0.15, -0.1) is 0 Å². The first kappa shape index (κ1) is 20.0. The summed E-state index contributed by atoms with van der Waals surface area (Å²) < 4.78 is 32.6. The first-order chi connectivity index (χ1) is 13.0. The van der Waals surface area contributed by atoms with Gasteiger partial charge in [0, 0.05) is 38.6 Å². The van der Waals surface area contributed by atoms with E-state index in [4.69, 9.17) is 4.42 Å². The van der Waals surface area contributed by atoms with Gasteiger partial charge in [0.1, 0.15) is 0 Å². The summed E-state index contributed by atoms with van der Waals surface area (Å²) in [5.74, 6) is -0.291. The number of pyridine rings is 1. The van der Waals surface area contributed by atoms with Gasteiger partial charge < -0.3 is 9.32 Å². The summed E-state index contributed by atoms with van der Waals surface area (Å²) in [6, 6.07) is 6.85. The third-order valence-electron chi connectivity index (χ3n) is 4.50. The molecule has 1 aliphatic heterocycles. The summed E-state index contributed by atoms with van der Waals surface area (Å²) in [5.41, 5.74) is 0.826. The van der Waals surface area contributed by atoms with Gasteiger partial charge in [0.15, 0.2) is 10.4 Å². The number of carbonyl (C=O) groups is 1. The minimum Gasteiger partial charge on any atom is -0.444 e. The molecule has 2 aromatic heterocycles. The van der Waals surface area contributed by atoms with Gasteiger partial charge in [-0.25, -0.2) is 12.7 Å². The van der Waals surface area contributed by atoms with Crippen LogP contribution in [0.1, 0.15) is 35.4 Å². The lowest BCUT2D eigenvalue weighted by atomic mass is 10.2. The second-order valence-corrected chi connectivity index (χ2v) is 9.34. The highest BCUT2D eigenvalue weighted by Gasteiger charge is 2.27. The number of hydrogen-bond acceptors (Lipinski definition) is 5. The molecule has 0 spiro atoms. The second-order valence-electron chi connectivity index (χ2n) is 6.47. The predicted octanol–water partition coefficient (Wildman–Crippen LogP) is 2.90. The highest BCUT2D eigenvalue weighted by molar-refractivity contribution is 9.10. The summed E-state index contributed by atoms with van der Waals surface area (Å²) >= 11 is 3.19. The van der Waals surface area contributed by atoms with Gasteiger partial charge in [-0.3, -0.25) is 9.78 Å². The number of piperidine rings is 1. The molecule has 3 rings (SSSR count). The monoisotopic (exact) mass is 455 g/mol. The Kier molecular flexibility index (Phi) is 6.67. The predicted molar refractivity (Wildman–Crippen MR) is 105 cm³/mol. The summed E-state index contributed by atoms with van der Waals surface area (Å²) in [6.45, 7) is 1.47. The van der Waals surface area contributed by atoms with E-state index in [0.717, 1.165) is 24.8 Å². The lowest BCUT2D eigenvalue weighted by molar-refractivity contribution is 0.0719. The fourth-order valence-corrected chi connectivity index (χ4v) is 4.88. The molecule has 0 saturated carbocycles. The van der Waals surface area contributed by atoms with Gasteiger partial charge in [0.25, 0.3) is 5.91 Å². The molecule has 7 nitrogen and oxygen atoms in total. The molecule has 27 heavy (non-hydrogen) atoms. The van der Waals surface area contributed by atoms with Gasteiger partial charge in [-0.1, -0.05) is 12.5 Å². The van der Waals surface area contributed by atoms with Crippen molar-refractivity contribution in [2.45, 2.75) is 25.8 Å². The molecule has 1 aliphatic rings. The van der Waals surface area contributed by atoms with E-state index < -0.39 is 10.0 Å². The normalized spacial score (nSPS) is 15.6. The first-order valence-corrected chi connectivity index (χ1v) is 11.3. The van der Waals surface area contributed by atoms with Crippen molar-refractivity contribution >= 4 is 31.9 Å². The number of nitrogens with zero attached hydrogens (tertiary/aromatic N) is 3. The minimum absolute atomic E-state index is 0.0882. The molecule has 1 fully saturated rings. The van der Waals surface area contributed by atoms with E-state index in [9.17, 15) is 13.2 Å². The van der Waals surface area contributed by atoms with Crippen molar-refractivity contribution in [3.8, 4) is 0 Å². The molecule has 1 amide bonds. The Labute approximate surface area is 167 Å². The molecule has 146 valence electrons. The number of rotatable bonds is 7. The first-order valence-electron chi connectivity index (χ1n) is 8.87. The molecule has 0 bridgehead atoms. The number of amides is 1. The number of carbonyl (C=O) groups excluding carboxylic acids is 1. The van der Waals surface area contributed by atoms with Crippen LogP contribution >= 0.6 is 15.9 Å². The number of sulfonamides is 1. The summed E-state index contributed by atoms with van der Waals surface area (Å²) in [4.78, 5) is 18.4. The zero-order valence-electron chi connectivity index (χ0n) is 14.9. The Hall–Kier alpha value is -1.71. The van der Waals surface area contributed by atoms with Crippen LogP contribution in [0.15, 0.2) is 45.7 Å². The van der Waals surface area contributed by atoms with Crippen LogP contribution in [0.25, 0.3) is 0 Å². The van der Waals surface area contributed by atoms with Crippen molar-refractivity contribution in [1.29, 1.82) is 0 Å². The summed E-state index contributed by atoms with van der Waals surface area (Å²) in [7, 11) is -3.40. The number of aromatic nitrogens is 1. The summed E-state index contributed by atoms with van der Waals surface area (Å²) in [5, 5.41) is 0. The van der Waals surface area contributed by atoms with E-state index >= 15 is 0 Å². The maximum absolute atomic E-state index is 12.8. The third-order valence-corrected chi connectivity index (χ3v) is 6.77. The molecule has 0 N–H and O–H groups in total. The van der Waals surface area contributed by atoms with E-state index in [1.165, 1.54) is 9.21 Å². The van der Waals surface area contributed by atoms with Crippen molar-refractivity contribution in [2.75, 3.05) is 25.4 Å². The van der Waals surface area contributed by atoms with Crippen molar-refractivity contribution < 1.29 is 17.6 Å². The van der Waals surface area contributed by atoms with E-state index in [1.807, 2.05) is 6.07 Å². The van der Waals surface area contributed by atoms with Crippen molar-refractivity contribution in [3.63, 3.8) is 0 Å². The highest BCUT2D eigenvalue weighted by atomic mass is 79.9. The Bertz CT molecular complexity index is 864. The van der Waals surface area contributed by atoms with Gasteiger partial charge in [-0.05, 0) is 52.5 Å². The Balaban J connectivity index is 1.73. The summed E-state index contributed by atoms with van der Waals surface area (Å²) in [6.07, 6.45) is 6.15. The van der Waals surface area contributed by atoms with E-state index in [0.29, 0.717) is 17.8 Å². The van der Waals surface area contributed by atoms with Crippen LogP contribution < -0.4 is 0 Å². The molecule has 0 aliphatic carbocycles. The minimum atomic E-state index is -3.40. The zero-order valence-corrected chi connectivity index (χ0v) is 17.3. The van der Waals surface area contributed by atoms with E-state index in [2.05, 4.69) is 20.9 Å². The molecule has 1 saturated heterocycles. The van der Waals surface area contributed by atoms with Crippen LogP contribution in [0.2, 0.25) is 0 Å². The molecule has 3 heterocycles. The molecule has 2 aromatic rings. The fourth-order valence-electron chi connectivity index (χ4n) is 3.05. The van der Waals surface area contributed by atoms with Crippen LogP contribution in [-0.2, 0) is 16.6 Å². The van der Waals surface area contributed by atoms with Gasteiger partial charge >= 0.3 is 0 Å². The molecule has 0 radical (unpaired) electrons. The zero-order chi connectivity index (χ0) is 19.3. The lowest BCUT2D eigenvalue weighted by Crippen LogP contribution is -2.41. The molecular weight excluding hydrogens is 434 g/mol. The average Bonchev–Trinajstić information content (AvgIpc) is 3.12. The Morgan fingerprint density at radius 3 is 2.63 bits per heavy atom. The number of furan rings is 1. The Morgan fingerprint density at radius 2 is 2.00 bits per heavy atom. The van der Waals surface area contributed by atoms with Crippen molar-refractivity contribution in [2.24, 2.45) is 0 Å². The largest absolute Gasteiger partial charge is 0.444 e. The number of halogens is 1. The van der Waals surface area contributed by atoms with E-state index in [1.54, 1.807) is 30.6 Å². The quantitative estimate of drug-likeness (QED) is 0.640. The average molecular weight is 456 g/mol. The standard InChI is InChI=1S/C18H22BrN3O4S/c19-17-7-6-16(26-17)18(23)21(14-15-5-4-8-20-13-15)11-12-27(24,25)22-9-2-1-3-10-22/h4-8,13H,1-3,9-12,14H2. The van der Waals surface area contributed by atoms with Crippen LogP contribution in [-0.4, -0.2) is 53.9 Å². The second kappa shape index (κ2) is 8.99. The van der Waals surface area contributed by atoms with Crippen LogP contribution in [0.4, 0.5) is 0 Å². The van der Waals surface area contributed by atoms with Gasteiger partial charge in [0.2, 0.25) is 10.0 Å². The maximum atomic E-state index is 12.8. The van der Waals surface area contributed by atoms with Crippen LogP contribution in [0.5, 0.6) is 0 Å². The van der Waals surface area contributed by atoms with Crippen LogP contribution in [0.3, 0.4) is 0 Å².